The van der Waals surface area contributed by atoms with Gasteiger partial charge in [-0.15, -0.1) is 0 Å². The van der Waals surface area contributed by atoms with E-state index < -0.39 is 18.5 Å². The van der Waals surface area contributed by atoms with Gasteiger partial charge in [-0.05, 0) is 19.1 Å². The number of aliphatic carboxylic acids is 1. The van der Waals surface area contributed by atoms with Crippen LogP contribution in [0.25, 0.3) is 6.08 Å². The SMILES string of the molecule is CCOc1cccc(/C=C(/C#N)C(=O)NC)c1OCC(=O)O. The first kappa shape index (κ1) is 17.0. The minimum Gasteiger partial charge on any atom is -0.490 e. The number of carboxylic acid groups (broad SMARTS) is 1. The van der Waals surface area contributed by atoms with Crippen LogP contribution in [0.4, 0.5) is 0 Å². The zero-order valence-electron chi connectivity index (χ0n) is 12.3. The molecule has 0 saturated carbocycles. The molecule has 0 radical (unpaired) electrons. The molecule has 0 fully saturated rings. The number of carbonyl (C=O) groups is 2. The standard InChI is InChI=1S/C15H16N2O5/c1-3-21-12-6-4-5-10(14(12)22-9-13(18)19)7-11(8-16)15(20)17-2/h4-7H,3,9H2,1-2H3,(H,17,20)(H,18,19)/b11-7-. The fourth-order valence-electron chi connectivity index (χ4n) is 1.64. The predicted octanol–water partition coefficient (Wildman–Crippen LogP) is 1.20. The van der Waals surface area contributed by atoms with E-state index in [4.69, 9.17) is 19.8 Å². The van der Waals surface area contributed by atoms with Crippen LogP contribution in [-0.4, -0.2) is 37.2 Å². The third-order valence-corrected chi connectivity index (χ3v) is 2.54. The molecule has 0 atom stereocenters. The van der Waals surface area contributed by atoms with Crippen LogP contribution in [0, 0.1) is 11.3 Å². The molecule has 0 heterocycles. The van der Waals surface area contributed by atoms with Gasteiger partial charge in [0.2, 0.25) is 0 Å². The first-order valence-electron chi connectivity index (χ1n) is 6.47. The van der Waals surface area contributed by atoms with Gasteiger partial charge in [0.25, 0.3) is 5.91 Å². The Bertz CT molecular complexity index is 631. The predicted molar refractivity (Wildman–Crippen MR) is 78.4 cm³/mol. The number of hydrogen-bond acceptors (Lipinski definition) is 5. The second-order valence-corrected chi connectivity index (χ2v) is 4.04. The first-order valence-corrected chi connectivity index (χ1v) is 6.47. The van der Waals surface area contributed by atoms with Crippen LogP contribution in [0.3, 0.4) is 0 Å². The van der Waals surface area contributed by atoms with Gasteiger partial charge in [0.05, 0.1) is 6.61 Å². The van der Waals surface area contributed by atoms with Crippen molar-refractivity contribution < 1.29 is 24.2 Å². The summed E-state index contributed by atoms with van der Waals surface area (Å²) < 4.78 is 10.6. The van der Waals surface area contributed by atoms with Gasteiger partial charge in [-0.3, -0.25) is 4.79 Å². The van der Waals surface area contributed by atoms with E-state index in [1.807, 2.05) is 0 Å². The number of rotatable bonds is 7. The van der Waals surface area contributed by atoms with E-state index in [9.17, 15) is 9.59 Å². The van der Waals surface area contributed by atoms with Gasteiger partial charge in [0.1, 0.15) is 11.6 Å². The number of carbonyl (C=O) groups excluding carboxylic acids is 1. The maximum atomic E-state index is 11.6. The molecule has 1 amide bonds. The molecule has 1 rings (SSSR count). The number of ether oxygens (including phenoxy) is 2. The van der Waals surface area contributed by atoms with Crippen molar-refractivity contribution in [3.8, 4) is 17.6 Å². The third-order valence-electron chi connectivity index (χ3n) is 2.54. The van der Waals surface area contributed by atoms with E-state index in [1.165, 1.54) is 13.1 Å². The monoisotopic (exact) mass is 304 g/mol. The first-order chi connectivity index (χ1) is 10.5. The summed E-state index contributed by atoms with van der Waals surface area (Å²) in [5, 5.41) is 20.1. The zero-order chi connectivity index (χ0) is 16.5. The van der Waals surface area contributed by atoms with E-state index in [-0.39, 0.29) is 11.3 Å². The van der Waals surface area contributed by atoms with Crippen molar-refractivity contribution >= 4 is 18.0 Å². The number of para-hydroxylation sites is 1. The molecule has 1 aromatic carbocycles. The summed E-state index contributed by atoms with van der Waals surface area (Å²) >= 11 is 0. The molecule has 7 nitrogen and oxygen atoms in total. The summed E-state index contributed by atoms with van der Waals surface area (Å²) in [5.74, 6) is -1.18. The number of nitriles is 1. The number of carboxylic acids is 1. The lowest BCUT2D eigenvalue weighted by Crippen LogP contribution is -2.19. The van der Waals surface area contributed by atoms with E-state index in [0.717, 1.165) is 0 Å². The minimum atomic E-state index is -1.15. The molecule has 0 aliphatic rings. The Balaban J connectivity index is 3.30. The van der Waals surface area contributed by atoms with Gasteiger partial charge in [-0.2, -0.15) is 5.26 Å². The van der Waals surface area contributed by atoms with Crippen LogP contribution < -0.4 is 14.8 Å². The summed E-state index contributed by atoms with van der Waals surface area (Å²) in [7, 11) is 1.41. The van der Waals surface area contributed by atoms with Gasteiger partial charge in [0.15, 0.2) is 18.1 Å². The summed E-state index contributed by atoms with van der Waals surface area (Å²) in [6.07, 6.45) is 1.32. The lowest BCUT2D eigenvalue weighted by atomic mass is 10.1. The summed E-state index contributed by atoms with van der Waals surface area (Å²) in [5.41, 5.74) is 0.253. The third kappa shape index (κ3) is 4.52. The number of nitrogens with one attached hydrogen (secondary N) is 1. The van der Waals surface area contributed by atoms with Gasteiger partial charge in [-0.1, -0.05) is 12.1 Å². The van der Waals surface area contributed by atoms with Gasteiger partial charge >= 0.3 is 5.97 Å². The Labute approximate surface area is 127 Å². The topological polar surface area (TPSA) is 109 Å². The molecule has 0 saturated heterocycles. The van der Waals surface area contributed by atoms with E-state index in [0.29, 0.717) is 17.9 Å². The Morgan fingerprint density at radius 3 is 2.68 bits per heavy atom. The van der Waals surface area contributed by atoms with Crippen LogP contribution in [0.5, 0.6) is 11.5 Å². The Morgan fingerprint density at radius 2 is 2.14 bits per heavy atom. The second kappa shape index (κ2) is 8.32. The molecule has 1 aromatic rings. The molecule has 7 heteroatoms. The molecule has 0 aliphatic heterocycles. The second-order valence-electron chi connectivity index (χ2n) is 4.04. The van der Waals surface area contributed by atoms with Crippen molar-refractivity contribution in [2.75, 3.05) is 20.3 Å². The number of likely N-dealkylation sites (N-methyl/N-ethyl adjacent to an activating group) is 1. The number of hydrogen-bond donors (Lipinski definition) is 2. The summed E-state index contributed by atoms with van der Waals surface area (Å²) in [6, 6.07) is 6.65. The molecule has 0 unspecified atom stereocenters. The molecule has 116 valence electrons. The number of benzene rings is 1. The number of nitrogens with zero attached hydrogens (tertiary/aromatic N) is 1. The van der Waals surface area contributed by atoms with Crippen molar-refractivity contribution in [2.45, 2.75) is 6.92 Å². The molecule has 0 aromatic heterocycles. The van der Waals surface area contributed by atoms with Crippen molar-refractivity contribution in [2.24, 2.45) is 0 Å². The van der Waals surface area contributed by atoms with Gasteiger partial charge in [0, 0.05) is 12.6 Å². The highest BCUT2D eigenvalue weighted by Gasteiger charge is 2.14. The van der Waals surface area contributed by atoms with Crippen LogP contribution in [0.2, 0.25) is 0 Å². The maximum absolute atomic E-state index is 11.6. The molecular weight excluding hydrogens is 288 g/mol. The van der Waals surface area contributed by atoms with Crippen LogP contribution in [0.1, 0.15) is 12.5 Å². The lowest BCUT2D eigenvalue weighted by Gasteiger charge is -2.13. The highest BCUT2D eigenvalue weighted by molar-refractivity contribution is 6.01. The molecular formula is C15H16N2O5. The average molecular weight is 304 g/mol. The van der Waals surface area contributed by atoms with Gasteiger partial charge < -0.3 is 19.9 Å². The Kier molecular flexibility index (Phi) is 6.44. The highest BCUT2D eigenvalue weighted by atomic mass is 16.5. The van der Waals surface area contributed by atoms with E-state index in [2.05, 4.69) is 5.32 Å². The summed E-state index contributed by atoms with van der Waals surface area (Å²) in [4.78, 5) is 22.3. The smallest absolute Gasteiger partial charge is 0.341 e. The van der Waals surface area contributed by atoms with Crippen molar-refractivity contribution in [1.82, 2.24) is 5.32 Å². The van der Waals surface area contributed by atoms with Crippen LogP contribution in [-0.2, 0) is 9.59 Å². The number of amides is 1. The van der Waals surface area contributed by atoms with Gasteiger partial charge in [-0.25, -0.2) is 4.79 Å². The Hall–Kier alpha value is -3.01. The van der Waals surface area contributed by atoms with Crippen LogP contribution >= 0.6 is 0 Å². The fourth-order valence-corrected chi connectivity index (χ4v) is 1.64. The normalized spacial score (nSPS) is 10.5. The molecule has 0 spiro atoms. The Morgan fingerprint density at radius 1 is 1.41 bits per heavy atom. The molecule has 22 heavy (non-hydrogen) atoms. The van der Waals surface area contributed by atoms with Crippen molar-refractivity contribution in [3.05, 3.63) is 29.3 Å². The molecule has 2 N–H and O–H groups in total. The zero-order valence-corrected chi connectivity index (χ0v) is 12.3. The lowest BCUT2D eigenvalue weighted by molar-refractivity contribution is -0.139. The largest absolute Gasteiger partial charge is 0.490 e. The van der Waals surface area contributed by atoms with Crippen molar-refractivity contribution in [3.63, 3.8) is 0 Å². The fraction of sp³-hybridized carbons (Fsp3) is 0.267. The quantitative estimate of drug-likeness (QED) is 0.579. The summed E-state index contributed by atoms with van der Waals surface area (Å²) in [6.45, 7) is 1.57. The van der Waals surface area contributed by atoms with Crippen LogP contribution in [0.15, 0.2) is 23.8 Å². The van der Waals surface area contributed by atoms with E-state index in [1.54, 1.807) is 31.2 Å². The molecule has 0 bridgehead atoms. The minimum absolute atomic E-state index is 0.128. The highest BCUT2D eigenvalue weighted by Crippen LogP contribution is 2.33. The van der Waals surface area contributed by atoms with E-state index >= 15 is 0 Å². The molecule has 0 aliphatic carbocycles. The maximum Gasteiger partial charge on any atom is 0.341 e. The van der Waals surface area contributed by atoms with Crippen molar-refractivity contribution in [1.29, 1.82) is 5.26 Å². The average Bonchev–Trinajstić information content (AvgIpc) is 2.51.